The number of oxime groups is 1. The third-order valence-electron chi connectivity index (χ3n) is 5.58. The van der Waals surface area contributed by atoms with Crippen LogP contribution >= 0.6 is 0 Å². The lowest BCUT2D eigenvalue weighted by Crippen LogP contribution is -2.53. The van der Waals surface area contributed by atoms with Gasteiger partial charge in [0, 0.05) is 0 Å². The van der Waals surface area contributed by atoms with Gasteiger partial charge in [-0.25, -0.2) is 0 Å². The Balaban J connectivity index is 1.79. The number of ether oxygens (including phenoxy) is 2. The molecule has 2 fully saturated rings. The zero-order valence-electron chi connectivity index (χ0n) is 15.5. The van der Waals surface area contributed by atoms with Crippen molar-refractivity contribution < 1.29 is 19.8 Å². The van der Waals surface area contributed by atoms with Crippen LogP contribution in [-0.4, -0.2) is 46.5 Å². The summed E-state index contributed by atoms with van der Waals surface area (Å²) in [6.07, 6.45) is 8.74. The Kier molecular flexibility index (Phi) is 6.46. The topological polar surface area (TPSA) is 71.3 Å². The molecule has 0 aliphatic carbocycles. The molecule has 5 nitrogen and oxygen atoms in total. The lowest BCUT2D eigenvalue weighted by atomic mass is 9.87. The molecule has 2 bridgehead atoms. The Morgan fingerprint density at radius 3 is 2.83 bits per heavy atom. The highest BCUT2D eigenvalue weighted by Gasteiger charge is 2.53. The van der Waals surface area contributed by atoms with Gasteiger partial charge in [-0.15, -0.1) is 0 Å². The number of nitrogens with zero attached hydrogens (tertiary/aromatic N) is 1. The maximum absolute atomic E-state index is 10.2. The number of hydrogen-bond acceptors (Lipinski definition) is 5. The molecular weight excluding hydrogens is 306 g/mol. The Morgan fingerprint density at radius 2 is 2.17 bits per heavy atom. The van der Waals surface area contributed by atoms with E-state index in [9.17, 15) is 5.11 Å². The molecule has 2 N–H and O–H groups in total. The number of allylic oxidation sites excluding steroid dienone is 1. The van der Waals surface area contributed by atoms with Gasteiger partial charge in [0.15, 0.2) is 0 Å². The predicted octanol–water partition coefficient (Wildman–Crippen LogP) is 3.68. The van der Waals surface area contributed by atoms with Gasteiger partial charge in [-0.05, 0) is 58.8 Å². The van der Waals surface area contributed by atoms with E-state index in [0.717, 1.165) is 38.5 Å². The van der Waals surface area contributed by atoms with Crippen molar-refractivity contribution in [2.75, 3.05) is 6.61 Å². The van der Waals surface area contributed by atoms with Gasteiger partial charge in [0.2, 0.25) is 0 Å². The van der Waals surface area contributed by atoms with Gasteiger partial charge in [-0.2, -0.15) is 0 Å². The first-order valence-electron chi connectivity index (χ1n) is 9.12. The first-order chi connectivity index (χ1) is 11.3. The van der Waals surface area contributed by atoms with Gasteiger partial charge >= 0.3 is 0 Å². The predicted molar refractivity (Wildman–Crippen MR) is 94.5 cm³/mol. The smallest absolute Gasteiger partial charge is 0.130 e. The molecule has 5 heteroatoms. The normalized spacial score (nSPS) is 35.1. The average Bonchev–Trinajstić information content (AvgIpc) is 2.91. The van der Waals surface area contributed by atoms with Crippen LogP contribution in [0, 0.1) is 5.92 Å². The molecular formula is C19H33NO4. The van der Waals surface area contributed by atoms with E-state index in [1.165, 1.54) is 11.8 Å². The minimum absolute atomic E-state index is 0.0511. The fraction of sp³-hybridized carbons (Fsp3) is 0.842. The van der Waals surface area contributed by atoms with Crippen LogP contribution in [-0.2, 0) is 9.47 Å². The maximum Gasteiger partial charge on any atom is 0.130 e. The molecule has 2 rings (SSSR count). The van der Waals surface area contributed by atoms with Crippen LogP contribution in [0.25, 0.3) is 0 Å². The summed E-state index contributed by atoms with van der Waals surface area (Å²) in [6, 6.07) is 0. The second-order valence-corrected chi connectivity index (χ2v) is 8.01. The van der Waals surface area contributed by atoms with E-state index < -0.39 is 5.60 Å². The highest BCUT2D eigenvalue weighted by atomic mass is 16.6. The summed E-state index contributed by atoms with van der Waals surface area (Å²) in [4.78, 5) is 0. The molecule has 2 heterocycles. The first kappa shape index (κ1) is 19.4. The van der Waals surface area contributed by atoms with Crippen molar-refractivity contribution in [2.45, 2.75) is 89.6 Å². The van der Waals surface area contributed by atoms with E-state index in [0.29, 0.717) is 6.61 Å². The third-order valence-corrected chi connectivity index (χ3v) is 5.58. The van der Waals surface area contributed by atoms with Crippen molar-refractivity contribution in [3.63, 3.8) is 0 Å². The van der Waals surface area contributed by atoms with E-state index in [4.69, 9.17) is 14.7 Å². The number of rotatable bonds is 8. The molecule has 0 amide bonds. The standard InChI is InChI=1S/C19H33NO4/c1-14(2)7-8-16(21)15(3)6-5-10-18(4)17-9-11-19(24-17,12-20-22)13-23-18/h7,12,15-17,21-22H,5-6,8-11,13H2,1-4H3/b20-12-/t15?,16?,17-,18+,19-/m1/s1. The molecule has 0 aromatic rings. The SMILES string of the molecule is CC(C)=CCC(O)C(C)CCC[C@]1(C)OC[C@]2(/C=N\O)CC[C@H]1O2. The highest BCUT2D eigenvalue weighted by molar-refractivity contribution is 5.69. The van der Waals surface area contributed by atoms with E-state index in [1.54, 1.807) is 0 Å². The van der Waals surface area contributed by atoms with E-state index in [2.05, 4.69) is 38.9 Å². The molecule has 0 aromatic carbocycles. The fourth-order valence-electron chi connectivity index (χ4n) is 3.72. The monoisotopic (exact) mass is 339 g/mol. The molecule has 2 saturated heterocycles. The van der Waals surface area contributed by atoms with E-state index >= 15 is 0 Å². The summed E-state index contributed by atoms with van der Waals surface area (Å²) in [5, 5.41) is 22.2. The quantitative estimate of drug-likeness (QED) is 0.306. The fourth-order valence-corrected chi connectivity index (χ4v) is 3.72. The molecule has 0 spiro atoms. The van der Waals surface area contributed by atoms with Crippen molar-refractivity contribution in [3.05, 3.63) is 11.6 Å². The Bertz CT molecular complexity index is 474. The molecule has 0 saturated carbocycles. The second kappa shape index (κ2) is 7.98. The van der Waals surface area contributed by atoms with Crippen LogP contribution in [0.15, 0.2) is 16.8 Å². The minimum atomic E-state index is -0.535. The van der Waals surface area contributed by atoms with Crippen molar-refractivity contribution in [2.24, 2.45) is 11.1 Å². The van der Waals surface area contributed by atoms with Crippen LogP contribution in [0.2, 0.25) is 0 Å². The lowest BCUT2D eigenvalue weighted by molar-refractivity contribution is -0.218. The maximum atomic E-state index is 10.2. The molecule has 2 aliphatic rings. The van der Waals surface area contributed by atoms with Crippen LogP contribution in [0.4, 0.5) is 0 Å². The molecule has 138 valence electrons. The van der Waals surface area contributed by atoms with Crippen molar-refractivity contribution in [1.82, 2.24) is 0 Å². The van der Waals surface area contributed by atoms with Crippen molar-refractivity contribution in [3.8, 4) is 0 Å². The highest BCUT2D eigenvalue weighted by Crippen LogP contribution is 2.44. The average molecular weight is 339 g/mol. The Morgan fingerprint density at radius 1 is 1.42 bits per heavy atom. The van der Waals surface area contributed by atoms with Crippen LogP contribution < -0.4 is 0 Å². The van der Waals surface area contributed by atoms with Crippen LogP contribution in [0.3, 0.4) is 0 Å². The number of hydrogen-bond donors (Lipinski definition) is 2. The number of aliphatic hydroxyl groups excluding tert-OH is 1. The summed E-state index contributed by atoms with van der Waals surface area (Å²) in [6.45, 7) is 8.79. The zero-order chi connectivity index (χ0) is 17.8. The number of aliphatic hydroxyl groups is 1. The number of fused-ring (bicyclic) bond motifs is 2. The Labute approximate surface area is 145 Å². The van der Waals surface area contributed by atoms with E-state index in [1.807, 2.05) is 0 Å². The summed E-state index contributed by atoms with van der Waals surface area (Å²) in [5.74, 6) is 0.276. The van der Waals surface area contributed by atoms with Gasteiger partial charge in [-0.3, -0.25) is 0 Å². The molecule has 0 radical (unpaired) electrons. The van der Waals surface area contributed by atoms with Crippen LogP contribution in [0.1, 0.15) is 66.2 Å². The molecule has 2 unspecified atom stereocenters. The first-order valence-corrected chi connectivity index (χ1v) is 9.12. The van der Waals surface area contributed by atoms with Gasteiger partial charge in [-0.1, -0.05) is 30.1 Å². The summed E-state index contributed by atoms with van der Waals surface area (Å²) in [7, 11) is 0. The summed E-state index contributed by atoms with van der Waals surface area (Å²) >= 11 is 0. The summed E-state index contributed by atoms with van der Waals surface area (Å²) in [5.41, 5.74) is 0.429. The third kappa shape index (κ3) is 4.58. The molecule has 24 heavy (non-hydrogen) atoms. The lowest BCUT2D eigenvalue weighted by Gasteiger charge is -2.43. The van der Waals surface area contributed by atoms with Crippen molar-refractivity contribution in [1.29, 1.82) is 0 Å². The van der Waals surface area contributed by atoms with Crippen LogP contribution in [0.5, 0.6) is 0 Å². The van der Waals surface area contributed by atoms with Gasteiger partial charge in [0.1, 0.15) is 5.60 Å². The van der Waals surface area contributed by atoms with Crippen molar-refractivity contribution >= 4 is 6.21 Å². The summed E-state index contributed by atoms with van der Waals surface area (Å²) < 4.78 is 12.2. The van der Waals surface area contributed by atoms with Gasteiger partial charge in [0.05, 0.1) is 30.6 Å². The zero-order valence-corrected chi connectivity index (χ0v) is 15.5. The molecule has 5 atom stereocenters. The minimum Gasteiger partial charge on any atom is -0.411 e. The molecule has 0 aromatic heterocycles. The van der Waals surface area contributed by atoms with Gasteiger partial charge < -0.3 is 19.8 Å². The van der Waals surface area contributed by atoms with E-state index in [-0.39, 0.29) is 23.7 Å². The second-order valence-electron chi connectivity index (χ2n) is 8.01. The Hall–Kier alpha value is -0.910. The largest absolute Gasteiger partial charge is 0.411 e. The van der Waals surface area contributed by atoms with Gasteiger partial charge in [0.25, 0.3) is 0 Å². The molecule has 2 aliphatic heterocycles.